The van der Waals surface area contributed by atoms with Crippen LogP contribution >= 0.6 is 0 Å². The van der Waals surface area contributed by atoms with Crippen molar-refractivity contribution in [2.24, 2.45) is 11.3 Å². The van der Waals surface area contributed by atoms with Crippen LogP contribution in [0.4, 0.5) is 0 Å². The topological polar surface area (TPSA) is 32.3 Å². The van der Waals surface area contributed by atoms with Gasteiger partial charge in [0.25, 0.3) is 0 Å². The first-order chi connectivity index (χ1) is 6.81. The zero-order valence-electron chi connectivity index (χ0n) is 10.6. The fourth-order valence-electron chi connectivity index (χ4n) is 2.19. The second-order valence-corrected chi connectivity index (χ2v) is 5.95. The van der Waals surface area contributed by atoms with Gasteiger partial charge in [0.05, 0.1) is 6.04 Å². The maximum Gasteiger partial charge on any atom is 0.239 e. The smallest absolute Gasteiger partial charge is 0.239 e. The number of carbonyl (C=O) groups excluding carboxylic acids is 1. The summed E-state index contributed by atoms with van der Waals surface area (Å²) in [6.07, 6.45) is 1.11. The largest absolute Gasteiger partial charge is 0.344 e. The van der Waals surface area contributed by atoms with Crippen LogP contribution in [0.5, 0.6) is 0 Å². The molecule has 1 saturated heterocycles. The molecule has 1 aliphatic heterocycles. The Kier molecular flexibility index (Phi) is 3.77. The highest BCUT2D eigenvalue weighted by Crippen LogP contribution is 2.19. The predicted molar refractivity (Wildman–Crippen MR) is 62.7 cm³/mol. The Hall–Kier alpha value is -0.570. The van der Waals surface area contributed by atoms with Gasteiger partial charge in [0, 0.05) is 13.6 Å². The van der Waals surface area contributed by atoms with E-state index >= 15 is 0 Å². The molecule has 1 amide bonds. The molecule has 0 aromatic rings. The molecule has 2 atom stereocenters. The third kappa shape index (κ3) is 3.49. The average molecular weight is 212 g/mol. The normalized spacial score (nSPS) is 26.7. The summed E-state index contributed by atoms with van der Waals surface area (Å²) in [5, 5.41) is 3.28. The van der Waals surface area contributed by atoms with Crippen LogP contribution < -0.4 is 5.32 Å². The Morgan fingerprint density at radius 2 is 2.07 bits per heavy atom. The van der Waals surface area contributed by atoms with Gasteiger partial charge in [-0.1, -0.05) is 27.7 Å². The zero-order chi connectivity index (χ0) is 11.6. The van der Waals surface area contributed by atoms with Crippen molar-refractivity contribution in [3.8, 4) is 0 Å². The highest BCUT2D eigenvalue weighted by atomic mass is 16.2. The number of amides is 1. The second kappa shape index (κ2) is 4.52. The Morgan fingerprint density at radius 1 is 1.47 bits per heavy atom. The first kappa shape index (κ1) is 12.5. The molecule has 3 heteroatoms. The van der Waals surface area contributed by atoms with Gasteiger partial charge in [0.2, 0.25) is 5.91 Å². The molecule has 3 nitrogen and oxygen atoms in total. The maximum absolute atomic E-state index is 12.1. The van der Waals surface area contributed by atoms with Crippen LogP contribution in [-0.4, -0.2) is 37.0 Å². The van der Waals surface area contributed by atoms with Crippen molar-refractivity contribution in [1.29, 1.82) is 0 Å². The van der Waals surface area contributed by atoms with E-state index in [2.05, 4.69) is 33.0 Å². The molecular weight excluding hydrogens is 188 g/mol. The second-order valence-electron chi connectivity index (χ2n) is 5.95. The quantitative estimate of drug-likeness (QED) is 0.752. The third-order valence-corrected chi connectivity index (χ3v) is 2.89. The molecule has 1 fully saturated rings. The van der Waals surface area contributed by atoms with Gasteiger partial charge in [-0.25, -0.2) is 0 Å². The molecule has 0 spiro atoms. The van der Waals surface area contributed by atoms with Crippen LogP contribution in [0.3, 0.4) is 0 Å². The van der Waals surface area contributed by atoms with Gasteiger partial charge in [-0.2, -0.15) is 0 Å². The van der Waals surface area contributed by atoms with E-state index in [9.17, 15) is 4.79 Å². The van der Waals surface area contributed by atoms with Crippen molar-refractivity contribution < 1.29 is 4.79 Å². The molecule has 0 aromatic carbocycles. The minimum Gasteiger partial charge on any atom is -0.344 e. The van der Waals surface area contributed by atoms with E-state index in [1.165, 1.54) is 0 Å². The number of hydrogen-bond acceptors (Lipinski definition) is 2. The molecule has 1 heterocycles. The van der Waals surface area contributed by atoms with E-state index < -0.39 is 0 Å². The molecule has 88 valence electrons. The van der Waals surface area contributed by atoms with E-state index in [1.54, 1.807) is 0 Å². The molecule has 1 rings (SSSR count). The standard InChI is InChI=1S/C12H24N2O/c1-9-6-7-13-10(9)11(15)14(5)8-12(2,3)4/h9-10,13H,6-8H2,1-5H3. The lowest BCUT2D eigenvalue weighted by molar-refractivity contribution is -0.133. The van der Waals surface area contributed by atoms with Gasteiger partial charge in [-0.15, -0.1) is 0 Å². The summed E-state index contributed by atoms with van der Waals surface area (Å²) in [6, 6.07) is 0.0392. The minimum atomic E-state index is 0.0392. The van der Waals surface area contributed by atoms with E-state index in [1.807, 2.05) is 11.9 Å². The fourth-order valence-corrected chi connectivity index (χ4v) is 2.19. The zero-order valence-corrected chi connectivity index (χ0v) is 10.6. The van der Waals surface area contributed by atoms with Gasteiger partial charge in [0.1, 0.15) is 0 Å². The SMILES string of the molecule is CC1CCNC1C(=O)N(C)CC(C)(C)C. The molecule has 1 aliphatic rings. The molecule has 2 unspecified atom stereocenters. The summed E-state index contributed by atoms with van der Waals surface area (Å²) >= 11 is 0. The van der Waals surface area contributed by atoms with Crippen LogP contribution in [0.1, 0.15) is 34.1 Å². The average Bonchev–Trinajstić information content (AvgIpc) is 2.47. The summed E-state index contributed by atoms with van der Waals surface area (Å²) in [7, 11) is 1.90. The minimum absolute atomic E-state index is 0.0392. The highest BCUT2D eigenvalue weighted by molar-refractivity contribution is 5.82. The van der Waals surface area contributed by atoms with Gasteiger partial charge in [0.15, 0.2) is 0 Å². The molecule has 0 saturated carbocycles. The Labute approximate surface area is 93.2 Å². The van der Waals surface area contributed by atoms with Gasteiger partial charge in [-0.3, -0.25) is 4.79 Å². The Bertz CT molecular complexity index is 232. The summed E-state index contributed by atoms with van der Waals surface area (Å²) in [5.74, 6) is 0.717. The lowest BCUT2D eigenvalue weighted by Gasteiger charge is -2.29. The van der Waals surface area contributed by atoms with E-state index in [0.29, 0.717) is 5.92 Å². The van der Waals surface area contributed by atoms with Gasteiger partial charge in [-0.05, 0) is 24.3 Å². The molecule has 0 radical (unpaired) electrons. The van der Waals surface area contributed by atoms with Crippen molar-refractivity contribution in [3.63, 3.8) is 0 Å². The number of rotatable bonds is 2. The number of likely N-dealkylation sites (N-methyl/N-ethyl adjacent to an activating group) is 1. The van der Waals surface area contributed by atoms with E-state index in [-0.39, 0.29) is 17.4 Å². The van der Waals surface area contributed by atoms with Crippen molar-refractivity contribution in [2.75, 3.05) is 20.1 Å². The fraction of sp³-hybridized carbons (Fsp3) is 0.917. The van der Waals surface area contributed by atoms with E-state index in [0.717, 1.165) is 19.5 Å². The first-order valence-electron chi connectivity index (χ1n) is 5.79. The van der Waals surface area contributed by atoms with Crippen LogP contribution in [0, 0.1) is 11.3 Å². The molecule has 0 aliphatic carbocycles. The first-order valence-corrected chi connectivity index (χ1v) is 5.79. The number of carbonyl (C=O) groups is 1. The van der Waals surface area contributed by atoms with Crippen LogP contribution in [0.2, 0.25) is 0 Å². The van der Waals surface area contributed by atoms with Gasteiger partial charge < -0.3 is 10.2 Å². The number of nitrogens with zero attached hydrogens (tertiary/aromatic N) is 1. The van der Waals surface area contributed by atoms with Crippen LogP contribution in [-0.2, 0) is 4.79 Å². The molecule has 0 bridgehead atoms. The number of hydrogen-bond donors (Lipinski definition) is 1. The predicted octanol–water partition coefficient (Wildman–Crippen LogP) is 1.49. The van der Waals surface area contributed by atoms with Crippen LogP contribution in [0.15, 0.2) is 0 Å². The summed E-state index contributed by atoms with van der Waals surface area (Å²) < 4.78 is 0. The van der Waals surface area contributed by atoms with Crippen LogP contribution in [0.25, 0.3) is 0 Å². The molecular formula is C12H24N2O. The van der Waals surface area contributed by atoms with Crippen molar-refractivity contribution in [2.45, 2.75) is 40.2 Å². The number of nitrogens with one attached hydrogen (secondary N) is 1. The molecule has 15 heavy (non-hydrogen) atoms. The Balaban J connectivity index is 2.52. The molecule has 0 aromatic heterocycles. The summed E-state index contributed by atoms with van der Waals surface area (Å²) in [6.45, 7) is 10.4. The highest BCUT2D eigenvalue weighted by Gasteiger charge is 2.32. The van der Waals surface area contributed by atoms with Crippen molar-refractivity contribution in [3.05, 3.63) is 0 Å². The van der Waals surface area contributed by atoms with Crippen molar-refractivity contribution >= 4 is 5.91 Å². The molecule has 1 N–H and O–H groups in total. The summed E-state index contributed by atoms with van der Waals surface area (Å²) in [5.41, 5.74) is 0.173. The monoisotopic (exact) mass is 212 g/mol. The third-order valence-electron chi connectivity index (χ3n) is 2.89. The van der Waals surface area contributed by atoms with E-state index in [4.69, 9.17) is 0 Å². The lowest BCUT2D eigenvalue weighted by atomic mass is 9.95. The Morgan fingerprint density at radius 3 is 2.47 bits per heavy atom. The summed E-state index contributed by atoms with van der Waals surface area (Å²) in [4.78, 5) is 14.0. The lowest BCUT2D eigenvalue weighted by Crippen LogP contribution is -2.46. The van der Waals surface area contributed by atoms with Gasteiger partial charge >= 0.3 is 0 Å². The van der Waals surface area contributed by atoms with Crippen molar-refractivity contribution in [1.82, 2.24) is 10.2 Å². The maximum atomic E-state index is 12.1.